The number of aliphatic hydroxyl groups excluding tert-OH is 2. The molecule has 0 bridgehead atoms. The van der Waals surface area contributed by atoms with Crippen molar-refractivity contribution in [3.05, 3.63) is 72.1 Å². The van der Waals surface area contributed by atoms with Crippen molar-refractivity contribution >= 4 is 16.9 Å². The number of benzene rings is 1. The Bertz CT molecular complexity index is 1230. The van der Waals surface area contributed by atoms with E-state index in [-0.39, 0.29) is 18.9 Å². The number of pyridine rings is 1. The summed E-state index contributed by atoms with van der Waals surface area (Å²) in [6.07, 6.45) is 5.65. The van der Waals surface area contributed by atoms with Gasteiger partial charge in [0.2, 0.25) is 0 Å². The predicted molar refractivity (Wildman–Crippen MR) is 113 cm³/mol. The second kappa shape index (κ2) is 8.66. The largest absolute Gasteiger partial charge is 0.394 e. The van der Waals surface area contributed by atoms with Gasteiger partial charge in [-0.2, -0.15) is 5.10 Å². The van der Waals surface area contributed by atoms with Crippen LogP contribution in [0.4, 0.5) is 4.39 Å². The molecular weight excluding hydrogens is 401 g/mol. The standard InChI is InChI=1S/C22H22FN5O3/c1-27-10-16(8-26-27)14-4-5-15(19(23)7-14)11-28-12-18(21-20(28)3-2-6-24-21)22(31)25-9-17(30)13-29/h2-8,10,12,17,29-30H,9,11,13H2,1H3,(H,25,31)/t17-/m1/s1. The van der Waals surface area contributed by atoms with Crippen LogP contribution in [-0.2, 0) is 13.6 Å². The highest BCUT2D eigenvalue weighted by Gasteiger charge is 2.18. The zero-order valence-corrected chi connectivity index (χ0v) is 16.9. The Kier molecular flexibility index (Phi) is 5.79. The van der Waals surface area contributed by atoms with Gasteiger partial charge < -0.3 is 20.1 Å². The molecule has 0 aliphatic heterocycles. The minimum absolute atomic E-state index is 0.0841. The average Bonchev–Trinajstić information content (AvgIpc) is 3.37. The molecule has 3 aromatic heterocycles. The van der Waals surface area contributed by atoms with Crippen LogP contribution in [0.15, 0.2) is 55.1 Å². The van der Waals surface area contributed by atoms with Gasteiger partial charge in [-0.25, -0.2) is 4.39 Å². The molecule has 0 aliphatic rings. The van der Waals surface area contributed by atoms with Crippen LogP contribution >= 0.6 is 0 Å². The van der Waals surface area contributed by atoms with Crippen molar-refractivity contribution in [1.82, 2.24) is 24.6 Å². The lowest BCUT2D eigenvalue weighted by atomic mass is 10.1. The molecule has 4 rings (SSSR count). The molecule has 0 aliphatic carbocycles. The summed E-state index contributed by atoms with van der Waals surface area (Å²) in [6.45, 7) is -0.318. The highest BCUT2D eigenvalue weighted by Crippen LogP contribution is 2.24. The van der Waals surface area contributed by atoms with Gasteiger partial charge in [0.15, 0.2) is 0 Å². The number of nitrogens with zero attached hydrogens (tertiary/aromatic N) is 4. The number of carbonyl (C=O) groups excluding carboxylic acids is 1. The number of hydrogen-bond donors (Lipinski definition) is 3. The van der Waals surface area contributed by atoms with Crippen molar-refractivity contribution in [2.45, 2.75) is 12.6 Å². The lowest BCUT2D eigenvalue weighted by Crippen LogP contribution is -2.33. The zero-order chi connectivity index (χ0) is 22.0. The fourth-order valence-electron chi connectivity index (χ4n) is 3.40. The van der Waals surface area contributed by atoms with Crippen LogP contribution in [0, 0.1) is 5.82 Å². The second-order valence-electron chi connectivity index (χ2n) is 7.30. The van der Waals surface area contributed by atoms with E-state index in [1.54, 1.807) is 47.0 Å². The number of nitrogens with one attached hydrogen (secondary N) is 1. The maximum atomic E-state index is 14.9. The molecule has 9 heteroatoms. The van der Waals surface area contributed by atoms with Crippen molar-refractivity contribution in [1.29, 1.82) is 0 Å². The van der Waals surface area contributed by atoms with Gasteiger partial charge in [0.05, 0.1) is 36.5 Å². The third-order valence-corrected chi connectivity index (χ3v) is 5.02. The van der Waals surface area contributed by atoms with Crippen molar-refractivity contribution in [2.24, 2.45) is 7.05 Å². The van der Waals surface area contributed by atoms with Gasteiger partial charge in [-0.05, 0) is 23.8 Å². The molecule has 0 saturated heterocycles. The van der Waals surface area contributed by atoms with E-state index in [0.29, 0.717) is 22.2 Å². The van der Waals surface area contributed by atoms with E-state index < -0.39 is 18.6 Å². The third-order valence-electron chi connectivity index (χ3n) is 5.02. The number of hydrogen-bond acceptors (Lipinski definition) is 5. The van der Waals surface area contributed by atoms with Crippen LogP contribution < -0.4 is 5.32 Å². The smallest absolute Gasteiger partial charge is 0.255 e. The minimum atomic E-state index is -1.04. The Morgan fingerprint density at radius 3 is 2.81 bits per heavy atom. The Labute approximate surface area is 177 Å². The molecule has 8 nitrogen and oxygen atoms in total. The van der Waals surface area contributed by atoms with Crippen LogP contribution in [0.1, 0.15) is 15.9 Å². The van der Waals surface area contributed by atoms with Crippen LogP contribution in [0.2, 0.25) is 0 Å². The lowest BCUT2D eigenvalue weighted by molar-refractivity contribution is 0.0803. The highest BCUT2D eigenvalue weighted by atomic mass is 19.1. The first kappa shape index (κ1) is 20.7. The minimum Gasteiger partial charge on any atom is -0.394 e. The van der Waals surface area contributed by atoms with E-state index in [4.69, 9.17) is 5.11 Å². The number of aromatic nitrogens is 4. The van der Waals surface area contributed by atoms with Gasteiger partial charge in [-0.3, -0.25) is 14.5 Å². The van der Waals surface area contributed by atoms with Crippen LogP contribution in [-0.4, -0.2) is 54.7 Å². The van der Waals surface area contributed by atoms with E-state index in [1.807, 2.05) is 18.3 Å². The maximum Gasteiger partial charge on any atom is 0.255 e. The molecule has 3 N–H and O–H groups in total. The molecule has 0 unspecified atom stereocenters. The van der Waals surface area contributed by atoms with E-state index in [1.165, 1.54) is 6.07 Å². The summed E-state index contributed by atoms with van der Waals surface area (Å²) in [5.74, 6) is -0.786. The Hall–Kier alpha value is -3.56. The molecule has 3 heterocycles. The fraction of sp³-hybridized carbons (Fsp3) is 0.227. The number of rotatable bonds is 7. The molecular formula is C22H22FN5O3. The topological polar surface area (TPSA) is 105 Å². The number of halogens is 1. The van der Waals surface area contributed by atoms with E-state index in [2.05, 4.69) is 15.4 Å². The van der Waals surface area contributed by atoms with Gasteiger partial charge in [0, 0.05) is 43.3 Å². The van der Waals surface area contributed by atoms with Gasteiger partial charge in [0.1, 0.15) is 11.3 Å². The summed E-state index contributed by atoms with van der Waals surface area (Å²) in [5.41, 5.74) is 3.50. The van der Waals surface area contributed by atoms with Crippen LogP contribution in [0.5, 0.6) is 0 Å². The van der Waals surface area contributed by atoms with Crippen molar-refractivity contribution < 1.29 is 19.4 Å². The lowest BCUT2D eigenvalue weighted by Gasteiger charge is -2.08. The third kappa shape index (κ3) is 4.32. The maximum absolute atomic E-state index is 14.9. The highest BCUT2D eigenvalue weighted by molar-refractivity contribution is 6.05. The number of carbonyl (C=O) groups is 1. The first-order valence-corrected chi connectivity index (χ1v) is 9.74. The number of aliphatic hydroxyl groups is 2. The average molecular weight is 423 g/mol. The Morgan fingerprint density at radius 2 is 2.10 bits per heavy atom. The monoisotopic (exact) mass is 423 g/mol. The fourth-order valence-corrected chi connectivity index (χ4v) is 3.40. The molecule has 0 saturated carbocycles. The van der Waals surface area contributed by atoms with Gasteiger partial charge in [0.25, 0.3) is 5.91 Å². The van der Waals surface area contributed by atoms with E-state index in [0.717, 1.165) is 11.1 Å². The van der Waals surface area contributed by atoms with E-state index >= 15 is 0 Å². The Balaban J connectivity index is 1.62. The first-order chi connectivity index (χ1) is 15.0. The molecule has 0 spiro atoms. The van der Waals surface area contributed by atoms with Gasteiger partial charge in [-0.15, -0.1) is 0 Å². The number of amides is 1. The van der Waals surface area contributed by atoms with E-state index in [9.17, 15) is 14.3 Å². The van der Waals surface area contributed by atoms with Gasteiger partial charge in [-0.1, -0.05) is 12.1 Å². The normalized spacial score (nSPS) is 12.3. The summed E-state index contributed by atoms with van der Waals surface area (Å²) in [5, 5.41) is 25.1. The molecule has 0 fully saturated rings. The summed E-state index contributed by atoms with van der Waals surface area (Å²) < 4.78 is 18.3. The molecule has 1 atom stereocenters. The summed E-state index contributed by atoms with van der Waals surface area (Å²) in [4.78, 5) is 16.9. The zero-order valence-electron chi connectivity index (χ0n) is 16.9. The molecule has 160 valence electrons. The molecule has 4 aromatic rings. The SMILES string of the molecule is Cn1cc(-c2ccc(Cn3cc(C(=O)NC[C@@H](O)CO)c4ncccc43)c(F)c2)cn1. The number of aryl methyl sites for hydroxylation is 1. The van der Waals surface area contributed by atoms with Crippen molar-refractivity contribution in [3.8, 4) is 11.1 Å². The second-order valence-corrected chi connectivity index (χ2v) is 7.30. The van der Waals surface area contributed by atoms with Crippen LogP contribution in [0.25, 0.3) is 22.2 Å². The molecule has 0 radical (unpaired) electrons. The summed E-state index contributed by atoms with van der Waals surface area (Å²) in [6, 6.07) is 8.59. The predicted octanol–water partition coefficient (Wildman–Crippen LogP) is 1.71. The number of fused-ring (bicyclic) bond motifs is 1. The van der Waals surface area contributed by atoms with Gasteiger partial charge >= 0.3 is 0 Å². The molecule has 1 amide bonds. The van der Waals surface area contributed by atoms with Crippen molar-refractivity contribution in [2.75, 3.05) is 13.2 Å². The molecule has 1 aromatic carbocycles. The van der Waals surface area contributed by atoms with Crippen molar-refractivity contribution in [3.63, 3.8) is 0 Å². The first-order valence-electron chi connectivity index (χ1n) is 9.74. The summed E-state index contributed by atoms with van der Waals surface area (Å²) in [7, 11) is 1.80. The quantitative estimate of drug-likeness (QED) is 0.420. The molecule has 31 heavy (non-hydrogen) atoms. The Morgan fingerprint density at radius 1 is 1.26 bits per heavy atom. The van der Waals surface area contributed by atoms with Crippen LogP contribution in [0.3, 0.4) is 0 Å². The summed E-state index contributed by atoms with van der Waals surface area (Å²) >= 11 is 0.